The van der Waals surface area contributed by atoms with Crippen molar-refractivity contribution in [2.24, 2.45) is 0 Å². The van der Waals surface area contributed by atoms with Gasteiger partial charge in [0.2, 0.25) is 5.69 Å². The van der Waals surface area contributed by atoms with Crippen LogP contribution >= 0.6 is 0 Å². The maximum Gasteiger partial charge on any atom is 0.499 e. The van der Waals surface area contributed by atoms with Crippen molar-refractivity contribution in [3.05, 3.63) is 193 Å². The number of nitrogens with zero attached hydrogens (tertiary/aromatic N) is 3. The largest absolute Gasteiger partial charge is 0.499 e. The first-order valence-electron chi connectivity index (χ1n) is 28.2. The van der Waals surface area contributed by atoms with Crippen LogP contribution in [-0.2, 0) is 16.7 Å². The average Bonchev–Trinajstić information content (AvgIpc) is 3.52. The minimum absolute atomic E-state index is 0.00502. The number of rotatable bonds is 4. The molecule has 7 aromatic carbocycles. The van der Waals surface area contributed by atoms with E-state index in [0.717, 1.165) is 39.0 Å². The third-order valence-corrected chi connectivity index (χ3v) is 12.2. The molecule has 9 aromatic rings. The van der Waals surface area contributed by atoms with Crippen LogP contribution < -0.4 is 13.9 Å². The van der Waals surface area contributed by atoms with Crippen LogP contribution in [0.3, 0.4) is 0 Å². The maximum atomic E-state index is 10.3. The topological polar surface area (TPSA) is 21.9 Å². The minimum Gasteiger partial charge on any atom is -0.392 e. The first kappa shape index (κ1) is 23.1. The number of aromatic nitrogens is 3. The summed E-state index contributed by atoms with van der Waals surface area (Å²) < 4.78 is 156. The molecule has 0 aliphatic carbocycles. The van der Waals surface area contributed by atoms with Crippen molar-refractivity contribution in [3.8, 4) is 78.6 Å². The predicted molar refractivity (Wildman–Crippen MR) is 247 cm³/mol. The summed E-state index contributed by atoms with van der Waals surface area (Å²) in [7, 11) is 0. The predicted octanol–water partition coefficient (Wildman–Crippen LogP) is 13.0. The zero-order valence-electron chi connectivity index (χ0n) is 49.5. The first-order chi connectivity index (χ1) is 36.2. The Bertz CT molecular complexity index is 3980. The fraction of sp³-hybridized carbons (Fsp3) is 0.158. The van der Waals surface area contributed by atoms with Crippen LogP contribution in [-0.4, -0.2) is 4.57 Å². The lowest BCUT2D eigenvalue weighted by molar-refractivity contribution is -0.997. The van der Waals surface area contributed by atoms with E-state index in [-0.39, 0.29) is 11.1 Å². The normalized spacial score (nSPS) is 20.0. The van der Waals surface area contributed by atoms with E-state index in [1.165, 1.54) is 4.57 Å². The second kappa shape index (κ2) is 12.5. The molecule has 61 heavy (non-hydrogen) atoms. The average molecular weight is 806 g/mol. The Labute approximate surface area is 380 Å². The van der Waals surface area contributed by atoms with Gasteiger partial charge in [0.1, 0.15) is 23.9 Å². The highest BCUT2D eigenvalue weighted by Crippen LogP contribution is 2.54. The molecule has 3 aliphatic rings. The quantitative estimate of drug-likeness (QED) is 0.162. The van der Waals surface area contributed by atoms with Gasteiger partial charge >= 0.3 is 11.7 Å². The zero-order chi connectivity index (χ0) is 55.0. The van der Waals surface area contributed by atoms with E-state index in [0.29, 0.717) is 44.9 Å². The van der Waals surface area contributed by atoms with Gasteiger partial charge in [0.25, 0.3) is 0 Å². The molecule has 0 radical (unpaired) electrons. The minimum atomic E-state index is -3.93. The Hall–Kier alpha value is -7.04. The van der Waals surface area contributed by atoms with Gasteiger partial charge in [-0.15, -0.1) is 9.13 Å². The van der Waals surface area contributed by atoms with Crippen LogP contribution in [0.25, 0.3) is 83.9 Å². The van der Waals surface area contributed by atoms with Crippen molar-refractivity contribution in [1.29, 1.82) is 0 Å². The highest BCUT2D eigenvalue weighted by atomic mass is 16.5. The lowest BCUT2D eigenvalue weighted by Crippen LogP contribution is -2.78. The number of hydrogen-bond acceptors (Lipinski definition) is 1. The van der Waals surface area contributed by atoms with Crippen molar-refractivity contribution >= 4 is 11.0 Å². The van der Waals surface area contributed by atoms with Crippen LogP contribution in [0.1, 0.15) is 79.9 Å². The molecule has 0 amide bonds. The van der Waals surface area contributed by atoms with E-state index >= 15 is 0 Å². The molecule has 3 aliphatic heterocycles. The zero-order valence-corrected chi connectivity index (χ0v) is 33.5. The van der Waals surface area contributed by atoms with Crippen molar-refractivity contribution < 1.29 is 35.8 Å². The van der Waals surface area contributed by atoms with Crippen molar-refractivity contribution in [2.45, 2.75) is 58.0 Å². The summed E-state index contributed by atoms with van der Waals surface area (Å²) >= 11 is 0. The smallest absolute Gasteiger partial charge is 0.392 e. The summed E-state index contributed by atoms with van der Waals surface area (Å²) in [5, 5.41) is 0. The van der Waals surface area contributed by atoms with Gasteiger partial charge in [-0.1, -0.05) is 150 Å². The van der Waals surface area contributed by atoms with Gasteiger partial charge < -0.3 is 4.74 Å². The molecule has 0 N–H and O–H groups in total. The lowest BCUT2D eigenvalue weighted by atomic mass is 9.85. The van der Waals surface area contributed by atoms with Gasteiger partial charge in [-0.25, -0.2) is 0 Å². The van der Waals surface area contributed by atoms with E-state index in [9.17, 15) is 9.60 Å². The van der Waals surface area contributed by atoms with Crippen LogP contribution in [0, 0.1) is 0 Å². The van der Waals surface area contributed by atoms with Gasteiger partial charge in [-0.05, 0) is 104 Å². The Balaban J connectivity index is 1.24. The number of ether oxygens (including phenoxy) is 1. The molecule has 294 valence electrons. The molecule has 2 aromatic heterocycles. The lowest BCUT2D eigenvalue weighted by Gasteiger charge is -2.32. The van der Waals surface area contributed by atoms with E-state index in [4.69, 9.17) is 17.1 Å². The van der Waals surface area contributed by atoms with Gasteiger partial charge in [-0.3, -0.25) is 0 Å². The van der Waals surface area contributed by atoms with E-state index in [1.807, 2.05) is 108 Å². The van der Waals surface area contributed by atoms with Gasteiger partial charge in [0.05, 0.1) is 13.8 Å². The highest BCUT2D eigenvalue weighted by Gasteiger charge is 2.68. The summed E-state index contributed by atoms with van der Waals surface area (Å²) in [6, 6.07) is 37.6. The molecule has 4 heteroatoms. The molecule has 12 rings (SSSR count). The number of fused-ring (bicyclic) bond motifs is 5. The van der Waals surface area contributed by atoms with Crippen molar-refractivity contribution in [1.82, 2.24) is 4.57 Å². The molecule has 4 nitrogen and oxygen atoms in total. The molecule has 1 atom stereocenters. The third-order valence-electron chi connectivity index (χ3n) is 12.2. The first-order valence-corrected chi connectivity index (χ1v) is 20.2. The number of imidazole rings is 1. The molecule has 1 spiro atoms. The molecule has 1 unspecified atom stereocenters. The molecule has 0 saturated heterocycles. The van der Waals surface area contributed by atoms with E-state index in [1.54, 1.807) is 0 Å². The number of para-hydroxylation sites is 2. The van der Waals surface area contributed by atoms with Crippen LogP contribution in [0.2, 0.25) is 0 Å². The second-order valence-electron chi connectivity index (χ2n) is 17.0. The Morgan fingerprint density at radius 2 is 1.25 bits per heavy atom. The Morgan fingerprint density at radius 3 is 1.97 bits per heavy atom. The molecule has 0 fully saturated rings. The van der Waals surface area contributed by atoms with E-state index in [2.05, 4.69) is 55.7 Å². The fourth-order valence-electron chi connectivity index (χ4n) is 9.34. The molecule has 0 saturated carbocycles. The second-order valence-corrected chi connectivity index (χ2v) is 17.0. The number of hydrogen-bond donors (Lipinski definition) is 0. The van der Waals surface area contributed by atoms with Crippen molar-refractivity contribution in [3.63, 3.8) is 0 Å². The summed E-state index contributed by atoms with van der Waals surface area (Å²) in [5.41, 5.74) is 3.09. The fourth-order valence-corrected chi connectivity index (χ4v) is 9.34. The van der Waals surface area contributed by atoms with Gasteiger partial charge in [0, 0.05) is 35.5 Å². The van der Waals surface area contributed by atoms with Gasteiger partial charge in [0.15, 0.2) is 17.2 Å². The van der Waals surface area contributed by atoms with Crippen LogP contribution in [0.5, 0.6) is 5.75 Å². The van der Waals surface area contributed by atoms with E-state index < -0.39 is 90.9 Å². The summed E-state index contributed by atoms with van der Waals surface area (Å²) in [6.45, 7) is -5.29. The Morgan fingerprint density at radius 1 is 0.574 bits per heavy atom. The standard InChI is InChI=1S/C57H47N3O/c1-55(2,3)42-26-24-38(25-27-42)39-28-29-58-50(34-39)48-33-41(37-18-11-8-12-19-37)32-47-45-21-15-22-49-53(45)60-54(46-20-13-14-23-51(46)61-57(58,60)52(47)48)59(49)44-31-40(36-16-9-7-10-17-36)30-43(35-44)56(4,5)6/h7-35H,1-6H3/q+2/i1D3,2D3,3D3,24D,25D,26D,27D,28D,29D,34D. The molecular formula is C57H47N3O+2. The summed E-state index contributed by atoms with van der Waals surface area (Å²) in [4.78, 5) is 0. The highest BCUT2D eigenvalue weighted by molar-refractivity contribution is 5.99. The molecular weight excluding hydrogens is 743 g/mol. The molecule has 5 heterocycles. The number of pyridine rings is 1. The van der Waals surface area contributed by atoms with Crippen molar-refractivity contribution in [2.75, 3.05) is 0 Å². The van der Waals surface area contributed by atoms with Crippen LogP contribution in [0.15, 0.2) is 176 Å². The third kappa shape index (κ3) is 5.12. The van der Waals surface area contributed by atoms with Gasteiger partial charge in [-0.2, -0.15) is 4.57 Å². The summed E-state index contributed by atoms with van der Waals surface area (Å²) in [5.74, 6) is -0.821. The van der Waals surface area contributed by atoms with Crippen LogP contribution in [0.4, 0.5) is 0 Å². The monoisotopic (exact) mass is 805 g/mol. The Kier molecular flexibility index (Phi) is 4.73. The SMILES string of the molecule is [2H]c1c([2H])c(C(C([2H])([2H])[2H])(C([2H])([2H])[2H])C([2H])([2H])[2H])c([2H])c([2H])c1-c1c([2H])c([2H])[n+]2c(c1[2H])-c1cc(-c3ccccc3)cc3c1C21Oc2ccccc2-c2n(-c4cc(-c5ccccc5)cc(C(C)(C)C)c4)c4cccc-3c4[n+]21. The molecule has 0 bridgehead atoms. The number of benzene rings is 7. The summed E-state index contributed by atoms with van der Waals surface area (Å²) in [6.07, 6.45) is -0.573. The maximum absolute atomic E-state index is 10.3.